The van der Waals surface area contributed by atoms with E-state index < -0.39 is 0 Å². The average Bonchev–Trinajstić information content (AvgIpc) is 2.65. The lowest BCUT2D eigenvalue weighted by atomic mass is 9.87. The van der Waals surface area contributed by atoms with Crippen LogP contribution in [0.15, 0.2) is 65.1 Å². The summed E-state index contributed by atoms with van der Waals surface area (Å²) in [6.45, 7) is 15.3. The minimum absolute atomic E-state index is 0.119. The van der Waals surface area contributed by atoms with E-state index in [9.17, 15) is 0 Å². The van der Waals surface area contributed by atoms with E-state index in [-0.39, 0.29) is 10.8 Å². The van der Waals surface area contributed by atoms with E-state index in [4.69, 9.17) is 9.47 Å². The molecule has 0 heterocycles. The summed E-state index contributed by atoms with van der Waals surface area (Å²) in [5.74, 6) is 3.16. The molecule has 0 saturated carbocycles. The molecular formula is C27H31BrO2. The molecule has 158 valence electrons. The van der Waals surface area contributed by atoms with E-state index >= 15 is 0 Å². The number of hydrogen-bond donors (Lipinski definition) is 0. The third kappa shape index (κ3) is 5.46. The van der Waals surface area contributed by atoms with E-state index in [1.807, 2.05) is 43.3 Å². The molecule has 0 aliphatic heterocycles. The number of ether oxygens (including phenoxy) is 2. The van der Waals surface area contributed by atoms with Gasteiger partial charge in [-0.15, -0.1) is 0 Å². The fourth-order valence-electron chi connectivity index (χ4n) is 3.14. The zero-order valence-electron chi connectivity index (χ0n) is 19.0. The van der Waals surface area contributed by atoms with Gasteiger partial charge in [0.2, 0.25) is 0 Å². The van der Waals surface area contributed by atoms with Gasteiger partial charge in [-0.3, -0.25) is 0 Å². The number of halogens is 1. The van der Waals surface area contributed by atoms with Gasteiger partial charge in [0, 0.05) is 10.0 Å². The van der Waals surface area contributed by atoms with E-state index in [1.165, 1.54) is 11.1 Å². The molecule has 0 radical (unpaired) electrons. The molecule has 30 heavy (non-hydrogen) atoms. The lowest BCUT2D eigenvalue weighted by Gasteiger charge is -2.20. The average molecular weight is 467 g/mol. The summed E-state index contributed by atoms with van der Waals surface area (Å²) in [4.78, 5) is 0. The van der Waals surface area contributed by atoms with Crippen molar-refractivity contribution in [3.63, 3.8) is 0 Å². The third-order valence-corrected chi connectivity index (χ3v) is 5.63. The first-order valence-electron chi connectivity index (χ1n) is 10.3. The minimum Gasteiger partial charge on any atom is -0.457 e. The monoisotopic (exact) mass is 466 g/mol. The van der Waals surface area contributed by atoms with Crippen molar-refractivity contribution in [1.29, 1.82) is 0 Å². The van der Waals surface area contributed by atoms with Crippen molar-refractivity contribution in [2.24, 2.45) is 0 Å². The van der Waals surface area contributed by atoms with Crippen LogP contribution < -0.4 is 9.47 Å². The Morgan fingerprint density at radius 2 is 0.933 bits per heavy atom. The second kappa shape index (κ2) is 8.47. The fourth-order valence-corrected chi connectivity index (χ4v) is 3.56. The van der Waals surface area contributed by atoms with Crippen LogP contribution >= 0.6 is 15.9 Å². The highest BCUT2D eigenvalue weighted by Crippen LogP contribution is 2.38. The zero-order chi connectivity index (χ0) is 22.1. The van der Waals surface area contributed by atoms with Gasteiger partial charge in [-0.05, 0) is 65.3 Å². The zero-order valence-corrected chi connectivity index (χ0v) is 20.6. The molecule has 3 aromatic rings. The van der Waals surface area contributed by atoms with Gasteiger partial charge in [-0.1, -0.05) is 81.7 Å². The molecule has 0 unspecified atom stereocenters. The molecule has 0 aliphatic carbocycles. The van der Waals surface area contributed by atoms with Crippen LogP contribution in [0, 0.1) is 6.92 Å². The molecule has 0 fully saturated rings. The Bertz CT molecular complexity index is 924. The summed E-state index contributed by atoms with van der Waals surface area (Å²) in [5, 5.41) is 0. The van der Waals surface area contributed by atoms with Gasteiger partial charge in [0.1, 0.15) is 23.0 Å². The second-order valence-corrected chi connectivity index (χ2v) is 10.7. The highest BCUT2D eigenvalue weighted by atomic mass is 79.9. The van der Waals surface area contributed by atoms with Gasteiger partial charge in [0.05, 0.1) is 0 Å². The van der Waals surface area contributed by atoms with Crippen LogP contribution in [0.3, 0.4) is 0 Å². The molecule has 0 N–H and O–H groups in total. The summed E-state index contributed by atoms with van der Waals surface area (Å²) in [6.07, 6.45) is 0. The predicted molar refractivity (Wildman–Crippen MR) is 129 cm³/mol. The molecule has 3 heteroatoms. The van der Waals surface area contributed by atoms with E-state index in [1.54, 1.807) is 0 Å². The lowest BCUT2D eigenvalue weighted by Crippen LogP contribution is -2.10. The Kier molecular flexibility index (Phi) is 6.33. The molecule has 0 bridgehead atoms. The van der Waals surface area contributed by atoms with Crippen LogP contribution in [-0.2, 0) is 10.8 Å². The smallest absolute Gasteiger partial charge is 0.135 e. The molecular weight excluding hydrogens is 436 g/mol. The largest absolute Gasteiger partial charge is 0.457 e. The Hall–Kier alpha value is -2.26. The van der Waals surface area contributed by atoms with Crippen molar-refractivity contribution in [3.05, 3.63) is 81.8 Å². The standard InChI is InChI=1S/C27H31BrO2/c1-18-24(29-22-12-8-19(9-13-22)26(2,3)4)16-21(28)17-25(18)30-23-14-10-20(11-15-23)27(5,6)7/h8-17H,1-7H3. The Morgan fingerprint density at radius 3 is 1.23 bits per heavy atom. The number of hydrogen-bond acceptors (Lipinski definition) is 2. The van der Waals surface area contributed by atoms with Gasteiger partial charge in [0.25, 0.3) is 0 Å². The van der Waals surface area contributed by atoms with Crippen LogP contribution in [0.25, 0.3) is 0 Å². The van der Waals surface area contributed by atoms with Crippen molar-refractivity contribution in [2.45, 2.75) is 59.3 Å². The summed E-state index contributed by atoms with van der Waals surface area (Å²) in [5.41, 5.74) is 3.76. The van der Waals surface area contributed by atoms with Crippen LogP contribution in [0.5, 0.6) is 23.0 Å². The Labute approximate surface area is 189 Å². The fraction of sp³-hybridized carbons (Fsp3) is 0.333. The van der Waals surface area contributed by atoms with Crippen molar-refractivity contribution in [2.75, 3.05) is 0 Å². The van der Waals surface area contributed by atoms with E-state index in [0.717, 1.165) is 33.0 Å². The molecule has 0 amide bonds. The van der Waals surface area contributed by atoms with Crippen LogP contribution in [0.1, 0.15) is 58.2 Å². The first-order chi connectivity index (χ1) is 13.9. The van der Waals surface area contributed by atoms with Crippen molar-refractivity contribution in [3.8, 4) is 23.0 Å². The van der Waals surface area contributed by atoms with Crippen molar-refractivity contribution in [1.82, 2.24) is 0 Å². The Balaban J connectivity index is 1.83. The maximum atomic E-state index is 6.19. The van der Waals surface area contributed by atoms with Gasteiger partial charge in [-0.2, -0.15) is 0 Å². The highest BCUT2D eigenvalue weighted by Gasteiger charge is 2.16. The van der Waals surface area contributed by atoms with Gasteiger partial charge >= 0.3 is 0 Å². The van der Waals surface area contributed by atoms with Crippen LogP contribution in [0.2, 0.25) is 0 Å². The summed E-state index contributed by atoms with van der Waals surface area (Å²) >= 11 is 3.59. The van der Waals surface area contributed by atoms with E-state index in [0.29, 0.717) is 0 Å². The second-order valence-electron chi connectivity index (χ2n) is 9.78. The lowest BCUT2D eigenvalue weighted by molar-refractivity contribution is 0.452. The molecule has 0 atom stereocenters. The van der Waals surface area contributed by atoms with Gasteiger partial charge in [-0.25, -0.2) is 0 Å². The van der Waals surface area contributed by atoms with Crippen molar-refractivity contribution >= 4 is 15.9 Å². The number of rotatable bonds is 4. The summed E-state index contributed by atoms with van der Waals surface area (Å²) < 4.78 is 13.3. The molecule has 2 nitrogen and oxygen atoms in total. The molecule has 0 saturated heterocycles. The van der Waals surface area contributed by atoms with Crippen molar-refractivity contribution < 1.29 is 9.47 Å². The Morgan fingerprint density at radius 1 is 0.600 bits per heavy atom. The van der Waals surface area contributed by atoms with Crippen LogP contribution in [0.4, 0.5) is 0 Å². The SMILES string of the molecule is Cc1c(Oc2ccc(C(C)(C)C)cc2)cc(Br)cc1Oc1ccc(C(C)(C)C)cc1. The summed E-state index contributed by atoms with van der Waals surface area (Å²) in [7, 11) is 0. The molecule has 0 spiro atoms. The van der Waals surface area contributed by atoms with Crippen LogP contribution in [-0.4, -0.2) is 0 Å². The molecule has 3 rings (SSSR count). The maximum absolute atomic E-state index is 6.19. The number of benzene rings is 3. The van der Waals surface area contributed by atoms with Gasteiger partial charge in [0.15, 0.2) is 0 Å². The first-order valence-corrected chi connectivity index (χ1v) is 11.1. The predicted octanol–water partition coefficient (Wildman–Crippen LogP) is 8.94. The quantitative estimate of drug-likeness (QED) is 0.381. The third-order valence-electron chi connectivity index (χ3n) is 5.17. The molecule has 3 aromatic carbocycles. The normalized spacial score (nSPS) is 12.0. The van der Waals surface area contributed by atoms with Gasteiger partial charge < -0.3 is 9.47 Å². The minimum atomic E-state index is 0.119. The maximum Gasteiger partial charge on any atom is 0.135 e. The molecule has 0 aliphatic rings. The highest BCUT2D eigenvalue weighted by molar-refractivity contribution is 9.10. The summed E-state index contributed by atoms with van der Waals surface area (Å²) in [6, 6.07) is 20.5. The van der Waals surface area contributed by atoms with E-state index in [2.05, 4.69) is 81.7 Å². The topological polar surface area (TPSA) is 18.5 Å². The molecule has 0 aromatic heterocycles. The first kappa shape index (κ1) is 22.4.